The number of nitrogen functional groups attached to an aromatic ring is 1. The standard InChI is InChI=1S/C12H17N5O6/c1-21-11(19)6(3-18)23-10(12(11,20)22-2)17-5-16-7-8(13)14-4-15-9(7)17/h4-6,10,18-20H,3H2,1-2H3,(H2,13,14,15)/t6-,10-,11+,12-/m1/s1. The molecule has 0 unspecified atom stereocenters. The smallest absolute Gasteiger partial charge is 0.270 e. The minimum Gasteiger partial charge on any atom is -0.393 e. The lowest BCUT2D eigenvalue weighted by Crippen LogP contribution is -2.61. The van der Waals surface area contributed by atoms with Crippen molar-refractivity contribution in [2.24, 2.45) is 0 Å². The molecule has 0 saturated carbocycles. The quantitative estimate of drug-likeness (QED) is 0.461. The Morgan fingerprint density at radius 3 is 2.57 bits per heavy atom. The summed E-state index contributed by atoms with van der Waals surface area (Å²) < 4.78 is 16.9. The van der Waals surface area contributed by atoms with Gasteiger partial charge in [0.25, 0.3) is 11.6 Å². The first-order chi connectivity index (χ1) is 10.9. The van der Waals surface area contributed by atoms with Gasteiger partial charge in [-0.25, -0.2) is 15.0 Å². The van der Waals surface area contributed by atoms with Crippen LogP contribution in [-0.4, -0.2) is 73.3 Å². The maximum atomic E-state index is 10.8. The van der Waals surface area contributed by atoms with Crippen LogP contribution in [0.5, 0.6) is 0 Å². The maximum absolute atomic E-state index is 10.8. The van der Waals surface area contributed by atoms with Crippen molar-refractivity contribution in [2.75, 3.05) is 26.6 Å². The van der Waals surface area contributed by atoms with Crippen LogP contribution in [0.25, 0.3) is 11.2 Å². The van der Waals surface area contributed by atoms with E-state index in [9.17, 15) is 15.3 Å². The van der Waals surface area contributed by atoms with Gasteiger partial charge in [0.1, 0.15) is 17.9 Å². The van der Waals surface area contributed by atoms with Crippen LogP contribution in [0.4, 0.5) is 5.82 Å². The van der Waals surface area contributed by atoms with Crippen molar-refractivity contribution >= 4 is 17.0 Å². The summed E-state index contributed by atoms with van der Waals surface area (Å²) in [6.45, 7) is -0.615. The van der Waals surface area contributed by atoms with Crippen molar-refractivity contribution < 1.29 is 29.5 Å². The Kier molecular flexibility index (Phi) is 3.71. The molecule has 11 heteroatoms. The lowest BCUT2D eigenvalue weighted by molar-refractivity contribution is -0.371. The summed E-state index contributed by atoms with van der Waals surface area (Å²) in [7, 11) is 2.33. The zero-order chi connectivity index (χ0) is 16.8. The molecule has 0 aromatic carbocycles. The Bertz CT molecular complexity index is 725. The fraction of sp³-hybridized carbons (Fsp3) is 0.583. The average Bonchev–Trinajstić information content (AvgIpc) is 3.07. The van der Waals surface area contributed by atoms with Crippen molar-refractivity contribution in [3.8, 4) is 0 Å². The first kappa shape index (κ1) is 16.0. The largest absolute Gasteiger partial charge is 0.393 e. The highest BCUT2D eigenvalue weighted by atomic mass is 16.8. The van der Waals surface area contributed by atoms with Crippen molar-refractivity contribution in [1.82, 2.24) is 19.5 Å². The van der Waals surface area contributed by atoms with E-state index < -0.39 is 30.5 Å². The normalized spacial score (nSPS) is 34.3. The van der Waals surface area contributed by atoms with E-state index in [4.69, 9.17) is 19.9 Å². The molecule has 0 bridgehead atoms. The first-order valence-electron chi connectivity index (χ1n) is 6.67. The molecule has 4 atom stereocenters. The van der Waals surface area contributed by atoms with E-state index in [1.807, 2.05) is 0 Å². The highest BCUT2D eigenvalue weighted by Gasteiger charge is 2.69. The maximum Gasteiger partial charge on any atom is 0.270 e. The van der Waals surface area contributed by atoms with Crippen LogP contribution in [0.2, 0.25) is 0 Å². The van der Waals surface area contributed by atoms with Crippen molar-refractivity contribution in [3.63, 3.8) is 0 Å². The fourth-order valence-electron chi connectivity index (χ4n) is 2.73. The van der Waals surface area contributed by atoms with Crippen molar-refractivity contribution in [3.05, 3.63) is 12.7 Å². The molecule has 1 aliphatic rings. The number of anilines is 1. The van der Waals surface area contributed by atoms with Crippen LogP contribution >= 0.6 is 0 Å². The number of aromatic nitrogens is 4. The number of aliphatic hydroxyl groups is 3. The van der Waals surface area contributed by atoms with Gasteiger partial charge in [-0.3, -0.25) is 4.57 Å². The molecule has 1 saturated heterocycles. The predicted molar refractivity (Wildman–Crippen MR) is 74.6 cm³/mol. The zero-order valence-electron chi connectivity index (χ0n) is 12.4. The van der Waals surface area contributed by atoms with Gasteiger partial charge in [0.05, 0.1) is 12.9 Å². The summed E-state index contributed by atoms with van der Waals surface area (Å²) in [4.78, 5) is 11.9. The Hall–Kier alpha value is -1.89. The summed E-state index contributed by atoms with van der Waals surface area (Å²) in [6.07, 6.45) is -0.0314. The van der Waals surface area contributed by atoms with Crippen LogP contribution in [0.1, 0.15) is 6.23 Å². The highest BCUT2D eigenvalue weighted by molar-refractivity contribution is 5.81. The number of methoxy groups -OCH3 is 2. The molecule has 5 N–H and O–H groups in total. The molecule has 3 heterocycles. The molecule has 3 rings (SSSR count). The minimum absolute atomic E-state index is 0.147. The van der Waals surface area contributed by atoms with Gasteiger partial charge in [0, 0.05) is 14.2 Å². The van der Waals surface area contributed by atoms with Crippen molar-refractivity contribution in [1.29, 1.82) is 0 Å². The summed E-state index contributed by atoms with van der Waals surface area (Å²) in [5.41, 5.74) is 6.28. The molecule has 23 heavy (non-hydrogen) atoms. The molecule has 0 amide bonds. The van der Waals surface area contributed by atoms with Gasteiger partial charge in [0.2, 0.25) is 0 Å². The second-order valence-corrected chi connectivity index (χ2v) is 5.04. The minimum atomic E-state index is -2.33. The third-order valence-electron chi connectivity index (χ3n) is 4.01. The Balaban J connectivity index is 2.16. The van der Waals surface area contributed by atoms with Gasteiger partial charge in [-0.15, -0.1) is 0 Å². The van der Waals surface area contributed by atoms with E-state index in [0.29, 0.717) is 5.52 Å². The molecule has 0 aliphatic carbocycles. The summed E-state index contributed by atoms with van der Waals surface area (Å²) in [6, 6.07) is 0. The SMILES string of the molecule is CO[C@@]1(O)[C@@H](CO)O[C@@H](n2cnc3c(N)ncnc32)[C@@]1(O)OC. The van der Waals surface area contributed by atoms with E-state index in [1.54, 1.807) is 0 Å². The van der Waals surface area contributed by atoms with Crippen LogP contribution in [0.15, 0.2) is 12.7 Å². The molecule has 2 aromatic rings. The summed E-state index contributed by atoms with van der Waals surface area (Å²) >= 11 is 0. The lowest BCUT2D eigenvalue weighted by Gasteiger charge is -2.37. The van der Waals surface area contributed by atoms with Gasteiger partial charge in [0.15, 0.2) is 17.7 Å². The molecule has 0 spiro atoms. The number of nitrogens with zero attached hydrogens (tertiary/aromatic N) is 4. The van der Waals surface area contributed by atoms with Gasteiger partial charge in [-0.05, 0) is 0 Å². The first-order valence-corrected chi connectivity index (χ1v) is 6.67. The topological polar surface area (TPSA) is 158 Å². The second-order valence-electron chi connectivity index (χ2n) is 5.04. The third kappa shape index (κ3) is 1.95. The molecule has 11 nitrogen and oxygen atoms in total. The Labute approximate surface area is 130 Å². The molecule has 1 aliphatic heterocycles. The second kappa shape index (κ2) is 5.33. The van der Waals surface area contributed by atoms with Gasteiger partial charge in [-0.1, -0.05) is 0 Å². The number of rotatable bonds is 4. The highest BCUT2D eigenvalue weighted by Crippen LogP contribution is 2.47. The fourth-order valence-corrected chi connectivity index (χ4v) is 2.73. The van der Waals surface area contributed by atoms with E-state index >= 15 is 0 Å². The van der Waals surface area contributed by atoms with Gasteiger partial charge < -0.3 is 35.3 Å². The molecular formula is C12H17N5O6. The molecular weight excluding hydrogens is 310 g/mol. The van der Waals surface area contributed by atoms with E-state index in [-0.39, 0.29) is 11.5 Å². The van der Waals surface area contributed by atoms with Crippen LogP contribution < -0.4 is 5.73 Å². The molecule has 1 fully saturated rings. The van der Waals surface area contributed by atoms with Gasteiger partial charge >= 0.3 is 0 Å². The van der Waals surface area contributed by atoms with Gasteiger partial charge in [-0.2, -0.15) is 0 Å². The number of imidazole rings is 1. The summed E-state index contributed by atoms with van der Waals surface area (Å²) in [5, 5.41) is 30.9. The lowest BCUT2D eigenvalue weighted by atomic mass is 10.0. The number of fused-ring (bicyclic) bond motifs is 1. The monoisotopic (exact) mass is 327 g/mol. The van der Waals surface area contributed by atoms with Crippen LogP contribution in [-0.2, 0) is 14.2 Å². The molecule has 126 valence electrons. The predicted octanol–water partition coefficient (Wildman–Crippen LogP) is -2.03. The third-order valence-corrected chi connectivity index (χ3v) is 4.01. The molecule has 2 aromatic heterocycles. The Morgan fingerprint density at radius 2 is 1.96 bits per heavy atom. The summed E-state index contributed by atoms with van der Waals surface area (Å²) in [5.74, 6) is -4.49. The van der Waals surface area contributed by atoms with Crippen molar-refractivity contribution in [2.45, 2.75) is 23.9 Å². The van der Waals surface area contributed by atoms with E-state index in [2.05, 4.69) is 15.0 Å². The Morgan fingerprint density at radius 1 is 1.26 bits per heavy atom. The number of aliphatic hydroxyl groups excluding tert-OH is 1. The van der Waals surface area contributed by atoms with Crippen LogP contribution in [0, 0.1) is 0 Å². The number of hydrogen-bond donors (Lipinski definition) is 4. The van der Waals surface area contributed by atoms with Crippen LogP contribution in [0.3, 0.4) is 0 Å². The molecule has 0 radical (unpaired) electrons. The van der Waals surface area contributed by atoms with E-state index in [0.717, 1.165) is 7.11 Å². The average molecular weight is 327 g/mol. The zero-order valence-corrected chi connectivity index (χ0v) is 12.4. The van der Waals surface area contributed by atoms with E-state index in [1.165, 1.54) is 24.3 Å². The number of ether oxygens (including phenoxy) is 3. The number of nitrogens with two attached hydrogens (primary N) is 1. The number of hydrogen-bond acceptors (Lipinski definition) is 10.